The summed E-state index contributed by atoms with van der Waals surface area (Å²) in [5.41, 5.74) is 1.80. The van der Waals surface area contributed by atoms with Gasteiger partial charge in [0.15, 0.2) is 5.78 Å². The summed E-state index contributed by atoms with van der Waals surface area (Å²) in [6.07, 6.45) is 6.34. The van der Waals surface area contributed by atoms with Gasteiger partial charge < -0.3 is 0 Å². The summed E-state index contributed by atoms with van der Waals surface area (Å²) >= 11 is 6.37. The van der Waals surface area contributed by atoms with E-state index < -0.39 is 16.7 Å². The number of hydrogen-bond acceptors (Lipinski definition) is 6. The van der Waals surface area contributed by atoms with Gasteiger partial charge in [0, 0.05) is 79.8 Å². The van der Waals surface area contributed by atoms with Crippen LogP contribution < -0.4 is 0 Å². The molecule has 0 amide bonds. The lowest BCUT2D eigenvalue weighted by Gasteiger charge is -2.37. The highest BCUT2D eigenvalue weighted by Gasteiger charge is 2.37. The molecule has 0 aliphatic carbocycles. The molecule has 3 aromatic rings. The maximum Gasteiger partial charge on any atom is 0.250 e. The predicted octanol–water partition coefficient (Wildman–Crippen LogP) is 4.85. The van der Waals surface area contributed by atoms with Crippen LogP contribution in [0.2, 0.25) is 5.02 Å². The summed E-state index contributed by atoms with van der Waals surface area (Å²) in [6, 6.07) is 6.66. The number of ketones is 1. The van der Waals surface area contributed by atoms with Gasteiger partial charge in [0.25, 0.3) is 5.92 Å². The van der Waals surface area contributed by atoms with Crippen molar-refractivity contribution in [2.45, 2.75) is 42.8 Å². The molecule has 33 heavy (non-hydrogen) atoms. The molecule has 0 radical (unpaired) electrons. The van der Waals surface area contributed by atoms with Crippen molar-refractivity contribution in [1.82, 2.24) is 19.9 Å². The lowest BCUT2D eigenvalue weighted by Crippen LogP contribution is -2.41. The Kier molecular flexibility index (Phi) is 7.11. The number of benzene rings is 1. The Balaban J connectivity index is 1.59. The topological polar surface area (TPSA) is 76.1 Å². The lowest BCUT2D eigenvalue weighted by molar-refractivity contribution is -0.0641. The average molecular weight is 493 g/mol. The molecule has 0 bridgehead atoms. The number of carbonyl (C=O) groups excluding carboxylic acids is 1. The largest absolute Gasteiger partial charge is 0.296 e. The number of hydrogen-bond donors (Lipinski definition) is 0. The van der Waals surface area contributed by atoms with E-state index in [0.29, 0.717) is 33.5 Å². The molecule has 2 unspecified atom stereocenters. The summed E-state index contributed by atoms with van der Waals surface area (Å²) in [5, 5.41) is 1.24. The summed E-state index contributed by atoms with van der Waals surface area (Å²) in [5.74, 6) is -2.82. The van der Waals surface area contributed by atoms with Crippen LogP contribution in [0.1, 0.15) is 47.6 Å². The minimum Gasteiger partial charge on any atom is -0.296 e. The molecule has 0 spiro atoms. The van der Waals surface area contributed by atoms with Crippen LogP contribution >= 0.6 is 11.6 Å². The van der Waals surface area contributed by atoms with Crippen molar-refractivity contribution in [3.05, 3.63) is 59.0 Å². The first-order valence-corrected chi connectivity index (χ1v) is 12.5. The smallest absolute Gasteiger partial charge is 0.250 e. The van der Waals surface area contributed by atoms with Crippen LogP contribution in [0.3, 0.4) is 0 Å². The van der Waals surface area contributed by atoms with Crippen LogP contribution in [0.25, 0.3) is 10.9 Å². The third kappa shape index (κ3) is 5.42. The number of fused-ring (bicyclic) bond motifs is 1. The fourth-order valence-electron chi connectivity index (χ4n) is 4.17. The van der Waals surface area contributed by atoms with Gasteiger partial charge in [-0.2, -0.15) is 0 Å². The van der Waals surface area contributed by atoms with E-state index in [-0.39, 0.29) is 49.3 Å². The highest BCUT2D eigenvalue weighted by Crippen LogP contribution is 2.35. The number of carbonyl (C=O) groups is 1. The van der Waals surface area contributed by atoms with Gasteiger partial charge in [-0.1, -0.05) is 17.7 Å². The maximum atomic E-state index is 13.8. The minimum absolute atomic E-state index is 0.141. The van der Waals surface area contributed by atoms with Crippen molar-refractivity contribution in [3.8, 4) is 0 Å². The molecule has 1 saturated heterocycles. The van der Waals surface area contributed by atoms with Crippen LogP contribution in [-0.4, -0.2) is 55.1 Å². The number of likely N-dealkylation sites (tertiary alicyclic amines) is 1. The van der Waals surface area contributed by atoms with Crippen LogP contribution in [-0.2, 0) is 10.8 Å². The second-order valence-electron chi connectivity index (χ2n) is 8.12. The molecular weight excluding hydrogens is 470 g/mol. The van der Waals surface area contributed by atoms with E-state index in [1.807, 2.05) is 11.0 Å². The van der Waals surface area contributed by atoms with Crippen molar-refractivity contribution in [2.24, 2.45) is 0 Å². The van der Waals surface area contributed by atoms with Crippen molar-refractivity contribution in [1.29, 1.82) is 0 Å². The molecule has 3 heterocycles. The monoisotopic (exact) mass is 492 g/mol. The molecule has 1 fully saturated rings. The number of aromatic nitrogens is 3. The molecule has 4 rings (SSSR count). The van der Waals surface area contributed by atoms with E-state index in [2.05, 4.69) is 15.0 Å². The first-order valence-electron chi connectivity index (χ1n) is 10.6. The normalized spacial score (nSPS) is 18.2. The Morgan fingerprint density at radius 3 is 2.55 bits per heavy atom. The van der Waals surface area contributed by atoms with Gasteiger partial charge >= 0.3 is 0 Å². The Bertz CT molecular complexity index is 1180. The second-order valence-corrected chi connectivity index (χ2v) is 9.80. The summed E-state index contributed by atoms with van der Waals surface area (Å²) in [7, 11) is -1.33. The molecule has 2 aromatic heterocycles. The zero-order valence-electron chi connectivity index (χ0n) is 18.0. The lowest BCUT2D eigenvalue weighted by atomic mass is 9.95. The molecule has 0 N–H and O–H groups in total. The second kappa shape index (κ2) is 9.87. The Labute approximate surface area is 197 Å². The minimum atomic E-state index is -2.68. The number of nitrogens with zero attached hydrogens (tertiary/aromatic N) is 4. The summed E-state index contributed by atoms with van der Waals surface area (Å²) in [4.78, 5) is 27.8. The molecule has 2 atom stereocenters. The van der Waals surface area contributed by atoms with Gasteiger partial charge in [-0.05, 0) is 24.6 Å². The zero-order chi connectivity index (χ0) is 23.6. The van der Waals surface area contributed by atoms with Crippen LogP contribution in [0, 0.1) is 0 Å². The third-order valence-electron chi connectivity index (χ3n) is 5.92. The van der Waals surface area contributed by atoms with Crippen molar-refractivity contribution >= 4 is 39.1 Å². The third-order valence-corrected chi connectivity index (χ3v) is 6.96. The van der Waals surface area contributed by atoms with E-state index in [1.165, 1.54) is 6.26 Å². The first kappa shape index (κ1) is 23.8. The van der Waals surface area contributed by atoms with E-state index in [1.54, 1.807) is 36.8 Å². The number of pyridine rings is 1. The number of halogens is 3. The molecule has 0 saturated carbocycles. The van der Waals surface area contributed by atoms with Gasteiger partial charge in [0.2, 0.25) is 5.16 Å². The number of Topliss-reactive ketones (excluding diaryl/α,β-unsaturated/α-hetero) is 1. The Morgan fingerprint density at radius 2 is 1.88 bits per heavy atom. The van der Waals surface area contributed by atoms with Crippen LogP contribution in [0.15, 0.2) is 48.0 Å². The number of rotatable bonds is 7. The van der Waals surface area contributed by atoms with Gasteiger partial charge in [0.1, 0.15) is 0 Å². The highest BCUT2D eigenvalue weighted by molar-refractivity contribution is 7.84. The molecule has 1 aliphatic heterocycles. The van der Waals surface area contributed by atoms with Gasteiger partial charge in [-0.3, -0.25) is 18.9 Å². The van der Waals surface area contributed by atoms with Gasteiger partial charge in [-0.15, -0.1) is 0 Å². The highest BCUT2D eigenvalue weighted by atomic mass is 35.5. The molecule has 1 aliphatic rings. The van der Waals surface area contributed by atoms with E-state index in [9.17, 15) is 17.8 Å². The SMILES string of the molecule is CS(=O)c1ncc(C(CCC(=O)c2c(Cl)ccc3ncccc23)N2CCC(F)(F)CC2)cn1. The maximum absolute atomic E-state index is 13.8. The zero-order valence-corrected chi connectivity index (χ0v) is 19.6. The average Bonchev–Trinajstić information content (AvgIpc) is 2.80. The van der Waals surface area contributed by atoms with Crippen molar-refractivity contribution in [2.75, 3.05) is 19.3 Å². The van der Waals surface area contributed by atoms with E-state index in [4.69, 9.17) is 11.6 Å². The fourth-order valence-corrected chi connectivity index (χ4v) is 4.84. The number of piperidine rings is 1. The summed E-state index contributed by atoms with van der Waals surface area (Å²) < 4.78 is 39.1. The quantitative estimate of drug-likeness (QED) is 0.346. The Hall–Kier alpha value is -2.36. The molecule has 174 valence electrons. The first-order chi connectivity index (χ1) is 15.7. The van der Waals surface area contributed by atoms with Crippen LogP contribution in [0.5, 0.6) is 0 Å². The van der Waals surface area contributed by atoms with E-state index in [0.717, 1.165) is 0 Å². The van der Waals surface area contributed by atoms with Crippen LogP contribution in [0.4, 0.5) is 8.78 Å². The molecular formula is C23H23ClF2N4O2S. The standard InChI is InChI=1S/C23H23ClF2N4O2S/c1-33(32)22-28-13-15(14-29-22)19(30-11-8-23(25,26)9-12-30)6-7-20(31)21-16-3-2-10-27-18(16)5-4-17(21)24/h2-5,10,13-14,19H,6-9,11-12H2,1H3. The predicted molar refractivity (Wildman–Crippen MR) is 123 cm³/mol. The van der Waals surface area contributed by atoms with Gasteiger partial charge in [0.05, 0.1) is 21.3 Å². The summed E-state index contributed by atoms with van der Waals surface area (Å²) in [6.45, 7) is 0.401. The molecule has 1 aromatic carbocycles. The van der Waals surface area contributed by atoms with Crippen molar-refractivity contribution < 1.29 is 17.8 Å². The van der Waals surface area contributed by atoms with Gasteiger partial charge in [-0.25, -0.2) is 18.7 Å². The fraction of sp³-hybridized carbons (Fsp3) is 0.391. The molecule has 10 heteroatoms. The number of alkyl halides is 2. The molecule has 6 nitrogen and oxygen atoms in total. The van der Waals surface area contributed by atoms with E-state index >= 15 is 0 Å². The van der Waals surface area contributed by atoms with Crippen molar-refractivity contribution in [3.63, 3.8) is 0 Å². The Morgan fingerprint density at radius 1 is 1.18 bits per heavy atom.